The molecule has 0 aliphatic rings. The highest BCUT2D eigenvalue weighted by Crippen LogP contribution is 2.31. The Morgan fingerprint density at radius 3 is 2.28 bits per heavy atom. The summed E-state index contributed by atoms with van der Waals surface area (Å²) in [6.07, 6.45) is 3.27. The number of hydrogen-bond donors (Lipinski definition) is 2. The van der Waals surface area contributed by atoms with Gasteiger partial charge in [-0.1, -0.05) is 45.4 Å². The number of thiol groups is 1. The van der Waals surface area contributed by atoms with Crippen molar-refractivity contribution < 1.29 is 9.59 Å². The molecule has 0 unspecified atom stereocenters. The van der Waals surface area contributed by atoms with Crippen LogP contribution in [0.5, 0.6) is 0 Å². The van der Waals surface area contributed by atoms with Crippen LogP contribution >= 0.6 is 24.4 Å². The molecule has 0 aliphatic carbocycles. The topological polar surface area (TPSA) is 46.2 Å². The highest BCUT2D eigenvalue weighted by molar-refractivity contribution is 8.13. The number of nitrogens with one attached hydrogen (secondary N) is 1. The van der Waals surface area contributed by atoms with Crippen LogP contribution in [0, 0.1) is 5.41 Å². The van der Waals surface area contributed by atoms with Gasteiger partial charge in [-0.05, 0) is 11.8 Å². The maximum atomic E-state index is 11.9. The number of hydrogen-bond acceptors (Lipinski definition) is 4. The van der Waals surface area contributed by atoms with Crippen LogP contribution in [0.4, 0.5) is 0 Å². The Balaban J connectivity index is 4.12. The van der Waals surface area contributed by atoms with Gasteiger partial charge >= 0.3 is 0 Å². The van der Waals surface area contributed by atoms with E-state index in [1.807, 2.05) is 0 Å². The van der Waals surface area contributed by atoms with Crippen molar-refractivity contribution in [3.05, 3.63) is 0 Å². The van der Waals surface area contributed by atoms with Crippen molar-refractivity contribution >= 4 is 35.4 Å². The lowest BCUT2D eigenvalue weighted by Crippen LogP contribution is -2.40. The van der Waals surface area contributed by atoms with Gasteiger partial charge in [0, 0.05) is 18.4 Å². The van der Waals surface area contributed by atoms with Gasteiger partial charge in [0.05, 0.1) is 0 Å². The third kappa shape index (κ3) is 6.69. The summed E-state index contributed by atoms with van der Waals surface area (Å²) in [5, 5.41) is 2.63. The summed E-state index contributed by atoms with van der Waals surface area (Å²) in [7, 11) is 0. The van der Waals surface area contributed by atoms with Crippen LogP contribution in [0.15, 0.2) is 0 Å². The van der Waals surface area contributed by atoms with E-state index in [0.717, 1.165) is 25.0 Å². The van der Waals surface area contributed by atoms with E-state index < -0.39 is 6.04 Å². The molecule has 0 saturated heterocycles. The number of rotatable bonds is 8. The molecule has 0 aliphatic heterocycles. The van der Waals surface area contributed by atoms with Crippen LogP contribution in [-0.4, -0.2) is 28.6 Å². The fourth-order valence-corrected chi connectivity index (χ4v) is 3.05. The van der Waals surface area contributed by atoms with E-state index in [1.54, 1.807) is 0 Å². The number of carbonyl (C=O) groups is 2. The predicted octanol–water partition coefficient (Wildman–Crippen LogP) is 2.90. The minimum absolute atomic E-state index is 0.00903. The van der Waals surface area contributed by atoms with Gasteiger partial charge in [0.25, 0.3) is 0 Å². The second-order valence-corrected chi connectivity index (χ2v) is 6.34. The van der Waals surface area contributed by atoms with Crippen molar-refractivity contribution in [2.24, 2.45) is 5.41 Å². The van der Waals surface area contributed by atoms with Crippen molar-refractivity contribution in [3.8, 4) is 0 Å². The number of carbonyl (C=O) groups excluding carboxylic acids is 2. The van der Waals surface area contributed by atoms with E-state index in [2.05, 4.69) is 38.7 Å². The zero-order chi connectivity index (χ0) is 14.2. The molecule has 3 nitrogen and oxygen atoms in total. The molecule has 18 heavy (non-hydrogen) atoms. The molecular formula is C13H25NO2S2. The van der Waals surface area contributed by atoms with E-state index in [1.165, 1.54) is 18.7 Å². The van der Waals surface area contributed by atoms with Crippen molar-refractivity contribution in [1.82, 2.24) is 5.32 Å². The smallest absolute Gasteiger partial charge is 0.217 e. The summed E-state index contributed by atoms with van der Waals surface area (Å²) in [6, 6.07) is -0.467. The molecule has 0 aromatic heterocycles. The van der Waals surface area contributed by atoms with Crippen molar-refractivity contribution in [3.63, 3.8) is 0 Å². The Morgan fingerprint density at radius 2 is 1.89 bits per heavy atom. The number of amides is 1. The van der Waals surface area contributed by atoms with Crippen LogP contribution in [0.2, 0.25) is 0 Å². The molecule has 0 rings (SSSR count). The standard InChI is InChI=1S/C13H25NO2S2/c1-5-13(4,6-2)7-8-18-12(16)11(9-17)14-10(3)15/h11,17H,5-9H2,1-4H3,(H,14,15)/t11-/m0/s1. The fraction of sp³-hybridized carbons (Fsp3) is 0.846. The van der Waals surface area contributed by atoms with Crippen molar-refractivity contribution in [2.75, 3.05) is 11.5 Å². The summed E-state index contributed by atoms with van der Waals surface area (Å²) in [4.78, 5) is 22.8. The van der Waals surface area contributed by atoms with Crippen LogP contribution in [0.25, 0.3) is 0 Å². The van der Waals surface area contributed by atoms with Gasteiger partial charge in [0.2, 0.25) is 11.0 Å². The predicted molar refractivity (Wildman–Crippen MR) is 82.2 cm³/mol. The lowest BCUT2D eigenvalue weighted by atomic mass is 9.82. The summed E-state index contributed by atoms with van der Waals surface area (Å²) in [6.45, 7) is 8.04. The molecule has 1 N–H and O–H groups in total. The summed E-state index contributed by atoms with van der Waals surface area (Å²) < 4.78 is 0. The molecule has 0 aromatic carbocycles. The molecule has 0 bridgehead atoms. The molecule has 0 spiro atoms. The Hall–Kier alpha value is -0.160. The first-order chi connectivity index (χ1) is 8.38. The maximum Gasteiger partial charge on any atom is 0.217 e. The van der Waals surface area contributed by atoms with Crippen LogP contribution < -0.4 is 5.32 Å². The highest BCUT2D eigenvalue weighted by Gasteiger charge is 2.22. The monoisotopic (exact) mass is 291 g/mol. The minimum atomic E-state index is -0.467. The van der Waals surface area contributed by atoms with Crippen LogP contribution in [0.1, 0.15) is 47.0 Å². The Morgan fingerprint density at radius 1 is 1.33 bits per heavy atom. The number of thioether (sulfide) groups is 1. The largest absolute Gasteiger partial charge is 0.345 e. The average molecular weight is 291 g/mol. The van der Waals surface area contributed by atoms with Gasteiger partial charge < -0.3 is 5.32 Å². The Bertz CT molecular complexity index is 278. The summed E-state index contributed by atoms with van der Waals surface area (Å²) >= 11 is 5.40. The van der Waals surface area contributed by atoms with E-state index in [9.17, 15) is 9.59 Å². The van der Waals surface area contributed by atoms with Gasteiger partial charge in [0.1, 0.15) is 6.04 Å². The molecule has 5 heteroatoms. The van der Waals surface area contributed by atoms with E-state index in [0.29, 0.717) is 11.2 Å². The molecule has 0 fully saturated rings. The first-order valence-electron chi connectivity index (χ1n) is 6.43. The third-order valence-electron chi connectivity index (χ3n) is 3.50. The molecule has 1 amide bonds. The van der Waals surface area contributed by atoms with Crippen LogP contribution in [-0.2, 0) is 9.59 Å². The lowest BCUT2D eigenvalue weighted by Gasteiger charge is -2.26. The van der Waals surface area contributed by atoms with Gasteiger partial charge in [0.15, 0.2) is 0 Å². The first-order valence-corrected chi connectivity index (χ1v) is 8.05. The Kier molecular flexibility index (Phi) is 8.78. The zero-order valence-electron chi connectivity index (χ0n) is 11.8. The average Bonchev–Trinajstić information content (AvgIpc) is 2.35. The van der Waals surface area contributed by atoms with Crippen molar-refractivity contribution in [2.45, 2.75) is 53.0 Å². The molecule has 0 saturated carbocycles. The molecule has 1 atom stereocenters. The van der Waals surface area contributed by atoms with Crippen LogP contribution in [0.3, 0.4) is 0 Å². The van der Waals surface area contributed by atoms with Gasteiger partial charge in [-0.25, -0.2) is 0 Å². The van der Waals surface area contributed by atoms with E-state index >= 15 is 0 Å². The van der Waals surface area contributed by atoms with Gasteiger partial charge in [-0.15, -0.1) is 0 Å². The second kappa shape index (κ2) is 8.86. The van der Waals surface area contributed by atoms with Gasteiger partial charge in [-0.2, -0.15) is 12.6 Å². The first kappa shape index (κ1) is 17.8. The lowest BCUT2D eigenvalue weighted by molar-refractivity contribution is -0.122. The fourth-order valence-electron chi connectivity index (χ4n) is 1.53. The van der Waals surface area contributed by atoms with Gasteiger partial charge in [-0.3, -0.25) is 9.59 Å². The highest BCUT2D eigenvalue weighted by atomic mass is 32.2. The summed E-state index contributed by atoms with van der Waals surface area (Å²) in [5.74, 6) is 0.973. The molecule has 106 valence electrons. The van der Waals surface area contributed by atoms with E-state index in [4.69, 9.17) is 0 Å². The molecule has 0 aromatic rings. The molecule has 0 heterocycles. The second-order valence-electron chi connectivity index (χ2n) is 4.87. The van der Waals surface area contributed by atoms with Crippen molar-refractivity contribution in [1.29, 1.82) is 0 Å². The SMILES string of the molecule is CCC(C)(CC)CCSC(=O)[C@H](CS)NC(C)=O. The molecular weight excluding hydrogens is 266 g/mol. The zero-order valence-corrected chi connectivity index (χ0v) is 13.5. The van der Waals surface area contributed by atoms with E-state index in [-0.39, 0.29) is 11.0 Å². The maximum absolute atomic E-state index is 11.9. The Labute approximate surface area is 120 Å². The third-order valence-corrected chi connectivity index (χ3v) is 4.84. The normalized spacial score (nSPS) is 13.2. The minimum Gasteiger partial charge on any atom is -0.345 e. The summed E-state index contributed by atoms with van der Waals surface area (Å²) in [5.41, 5.74) is 0.317. The quantitative estimate of drug-likeness (QED) is 0.676. The molecule has 0 radical (unpaired) electrons.